The summed E-state index contributed by atoms with van der Waals surface area (Å²) in [5.74, 6) is 0.640. The van der Waals surface area contributed by atoms with E-state index in [0.717, 1.165) is 60.0 Å². The minimum Gasteiger partial charge on any atom is -0.481 e. The Morgan fingerprint density at radius 2 is 1.87 bits per heavy atom. The number of hydrogen-bond acceptors (Lipinski definition) is 7. The van der Waals surface area contributed by atoms with Crippen molar-refractivity contribution < 1.29 is 14.6 Å². The molecule has 46 heavy (non-hydrogen) atoms. The molecular formula is C36H39Cl2N5O3. The van der Waals surface area contributed by atoms with Gasteiger partial charge in [-0.2, -0.15) is 0 Å². The number of nitrogens with zero attached hydrogens (tertiary/aromatic N) is 2. The molecule has 10 heteroatoms. The van der Waals surface area contributed by atoms with Crippen LogP contribution in [0.2, 0.25) is 10.0 Å². The van der Waals surface area contributed by atoms with Gasteiger partial charge >= 0.3 is 0 Å². The van der Waals surface area contributed by atoms with Crippen molar-refractivity contribution in [2.45, 2.75) is 63.8 Å². The third-order valence-electron chi connectivity index (χ3n) is 8.77. The zero-order chi connectivity index (χ0) is 32.2. The number of amides is 1. The van der Waals surface area contributed by atoms with Crippen molar-refractivity contribution in [3.8, 4) is 39.5 Å². The summed E-state index contributed by atoms with van der Waals surface area (Å²) in [6.45, 7) is 3.50. The van der Waals surface area contributed by atoms with E-state index >= 15 is 0 Å². The first-order valence-electron chi connectivity index (χ1n) is 15.8. The van der Waals surface area contributed by atoms with Gasteiger partial charge in [-0.3, -0.25) is 9.78 Å². The Morgan fingerprint density at radius 1 is 1.04 bits per heavy atom. The molecule has 8 nitrogen and oxygen atoms in total. The van der Waals surface area contributed by atoms with Gasteiger partial charge < -0.3 is 25.8 Å². The summed E-state index contributed by atoms with van der Waals surface area (Å²) in [7, 11) is 1.59. The lowest BCUT2D eigenvalue weighted by molar-refractivity contribution is -0.119. The average molecular weight is 661 g/mol. The number of ether oxygens (including phenoxy) is 1. The van der Waals surface area contributed by atoms with E-state index < -0.39 is 6.10 Å². The van der Waals surface area contributed by atoms with E-state index in [2.05, 4.69) is 34.1 Å². The molecule has 0 unspecified atom stereocenters. The Morgan fingerprint density at radius 3 is 2.65 bits per heavy atom. The second-order valence-electron chi connectivity index (χ2n) is 12.1. The predicted octanol–water partition coefficient (Wildman–Crippen LogP) is 6.51. The number of aliphatic hydroxyl groups is 1. The molecular weight excluding hydrogens is 621 g/mol. The number of pyridine rings is 2. The van der Waals surface area contributed by atoms with E-state index in [1.807, 2.05) is 36.4 Å². The summed E-state index contributed by atoms with van der Waals surface area (Å²) >= 11 is 14.2. The van der Waals surface area contributed by atoms with E-state index in [-0.39, 0.29) is 18.0 Å². The second kappa shape index (κ2) is 14.5. The molecule has 1 aliphatic carbocycles. The molecule has 240 valence electrons. The summed E-state index contributed by atoms with van der Waals surface area (Å²) < 4.78 is 5.59. The largest absolute Gasteiger partial charge is 0.481 e. The molecule has 4 N–H and O–H groups in total. The normalized spacial score (nSPS) is 18.2. The van der Waals surface area contributed by atoms with Crippen LogP contribution in [-0.2, 0) is 17.8 Å². The van der Waals surface area contributed by atoms with Crippen LogP contribution in [0.5, 0.6) is 5.88 Å². The smallest absolute Gasteiger partial charge is 0.220 e. The number of methoxy groups -OCH3 is 1. The van der Waals surface area contributed by atoms with Crippen LogP contribution in [0.4, 0.5) is 0 Å². The lowest BCUT2D eigenvalue weighted by atomic mass is 9.86. The standard InChI is InChI=1S/C36H39Cl2N5O3/c1-21(44)18-39-19-24-10-13-31(43-36(24)46-2)29-7-4-6-27(33(29)37)28-15-16-40-35(34(28)38)23-9-12-26-22(17-23)5-3-8-30(26)41-20-25-11-14-32(45)42-25/h4,6-7,9-10,12-13,15-17,21,25,30,39,41,44H,3,5,8,11,14,18-20H2,1-2H3,(H,42,45)/t21-,25-,30+/m0/s1. The number of fused-ring (bicyclic) bond motifs is 1. The lowest BCUT2D eigenvalue weighted by Crippen LogP contribution is -2.38. The van der Waals surface area contributed by atoms with Gasteiger partial charge in [0, 0.05) is 72.2 Å². The summed E-state index contributed by atoms with van der Waals surface area (Å²) in [5, 5.41) is 20.6. The van der Waals surface area contributed by atoms with E-state index in [4.69, 9.17) is 37.9 Å². The van der Waals surface area contributed by atoms with Crippen molar-refractivity contribution in [1.82, 2.24) is 25.9 Å². The number of carbonyl (C=O) groups excluding carboxylic acids is 1. The van der Waals surface area contributed by atoms with Gasteiger partial charge in [0.15, 0.2) is 0 Å². The summed E-state index contributed by atoms with van der Waals surface area (Å²) in [6, 6.07) is 18.6. The number of aromatic nitrogens is 2. The fourth-order valence-corrected chi connectivity index (χ4v) is 7.07. The first kappa shape index (κ1) is 32.4. The number of aryl methyl sites for hydroxylation is 1. The quantitative estimate of drug-likeness (QED) is 0.145. The van der Waals surface area contributed by atoms with Crippen molar-refractivity contribution in [2.75, 3.05) is 20.2 Å². The Bertz CT molecular complexity index is 1730. The molecule has 4 aromatic rings. The second-order valence-corrected chi connectivity index (χ2v) is 12.9. The first-order valence-corrected chi connectivity index (χ1v) is 16.6. The number of hydrogen-bond donors (Lipinski definition) is 4. The van der Waals surface area contributed by atoms with Gasteiger partial charge in [-0.25, -0.2) is 4.98 Å². The zero-order valence-electron chi connectivity index (χ0n) is 26.1. The van der Waals surface area contributed by atoms with Gasteiger partial charge in [0.25, 0.3) is 0 Å². The number of halogens is 2. The molecule has 3 heterocycles. The van der Waals surface area contributed by atoms with Gasteiger partial charge in [-0.15, -0.1) is 0 Å². The fourth-order valence-electron chi connectivity index (χ4n) is 6.43. The SMILES string of the molecule is COc1nc(-c2cccc(-c3ccnc(-c4ccc5c(c4)CCC[C@H]5NC[C@@H]4CCC(=O)N4)c3Cl)c2Cl)ccc1CNC[C@H](C)O. The van der Waals surface area contributed by atoms with E-state index in [1.165, 1.54) is 11.1 Å². The lowest BCUT2D eigenvalue weighted by Gasteiger charge is -2.28. The minimum absolute atomic E-state index is 0.143. The Labute approximate surface area is 279 Å². The van der Waals surface area contributed by atoms with E-state index in [1.54, 1.807) is 20.2 Å². The molecule has 3 atom stereocenters. The molecule has 0 radical (unpaired) electrons. The van der Waals surface area contributed by atoms with Gasteiger partial charge in [0.1, 0.15) is 0 Å². The van der Waals surface area contributed by atoms with Gasteiger partial charge in [-0.1, -0.05) is 59.6 Å². The maximum atomic E-state index is 11.6. The number of carbonyl (C=O) groups is 1. The first-order chi connectivity index (χ1) is 22.3. The van der Waals surface area contributed by atoms with Gasteiger partial charge in [0.05, 0.1) is 34.6 Å². The van der Waals surface area contributed by atoms with Crippen LogP contribution in [0.1, 0.15) is 55.3 Å². The highest BCUT2D eigenvalue weighted by Gasteiger charge is 2.25. The predicted molar refractivity (Wildman–Crippen MR) is 183 cm³/mol. The molecule has 1 aliphatic heterocycles. The van der Waals surface area contributed by atoms with Crippen LogP contribution in [-0.4, -0.2) is 53.3 Å². The van der Waals surface area contributed by atoms with Gasteiger partial charge in [0.2, 0.25) is 11.8 Å². The van der Waals surface area contributed by atoms with Crippen molar-refractivity contribution in [2.24, 2.45) is 0 Å². The molecule has 0 saturated carbocycles. The molecule has 0 spiro atoms. The molecule has 2 aliphatic rings. The Kier molecular flexibility index (Phi) is 10.2. The molecule has 2 aromatic heterocycles. The van der Waals surface area contributed by atoms with Crippen molar-refractivity contribution in [3.05, 3.63) is 87.5 Å². The molecule has 0 bridgehead atoms. The average Bonchev–Trinajstić information content (AvgIpc) is 3.48. The minimum atomic E-state index is -0.443. The van der Waals surface area contributed by atoms with Crippen LogP contribution < -0.4 is 20.7 Å². The van der Waals surface area contributed by atoms with Crippen LogP contribution >= 0.6 is 23.2 Å². The maximum Gasteiger partial charge on any atom is 0.220 e. The molecule has 1 amide bonds. The fraction of sp³-hybridized carbons (Fsp3) is 0.361. The topological polar surface area (TPSA) is 108 Å². The van der Waals surface area contributed by atoms with Crippen LogP contribution in [0, 0.1) is 0 Å². The van der Waals surface area contributed by atoms with Crippen LogP contribution in [0.25, 0.3) is 33.6 Å². The molecule has 1 fully saturated rings. The number of aliphatic hydroxyl groups excluding tert-OH is 1. The third kappa shape index (κ3) is 7.06. The monoisotopic (exact) mass is 659 g/mol. The summed E-state index contributed by atoms with van der Waals surface area (Å²) in [4.78, 5) is 21.1. The van der Waals surface area contributed by atoms with E-state index in [0.29, 0.717) is 46.8 Å². The van der Waals surface area contributed by atoms with E-state index in [9.17, 15) is 9.90 Å². The van der Waals surface area contributed by atoms with Crippen LogP contribution in [0.15, 0.2) is 60.8 Å². The highest BCUT2D eigenvalue weighted by atomic mass is 35.5. The van der Waals surface area contributed by atoms with Crippen molar-refractivity contribution in [1.29, 1.82) is 0 Å². The third-order valence-corrected chi connectivity index (χ3v) is 9.56. The van der Waals surface area contributed by atoms with Crippen molar-refractivity contribution in [3.63, 3.8) is 0 Å². The zero-order valence-corrected chi connectivity index (χ0v) is 27.6. The number of rotatable bonds is 11. The Hall–Kier alpha value is -3.53. The van der Waals surface area contributed by atoms with Crippen LogP contribution in [0.3, 0.4) is 0 Å². The highest BCUT2D eigenvalue weighted by molar-refractivity contribution is 6.39. The molecule has 6 rings (SSSR count). The van der Waals surface area contributed by atoms with Crippen molar-refractivity contribution >= 4 is 29.1 Å². The summed E-state index contributed by atoms with van der Waals surface area (Å²) in [6.07, 6.45) is 5.99. The van der Waals surface area contributed by atoms with Gasteiger partial charge in [-0.05, 0) is 61.9 Å². The maximum absolute atomic E-state index is 11.6. The Balaban J connectivity index is 1.26. The highest BCUT2D eigenvalue weighted by Crippen LogP contribution is 2.42. The number of nitrogens with one attached hydrogen (secondary N) is 3. The molecule has 1 saturated heterocycles. The number of benzene rings is 2. The summed E-state index contributed by atoms with van der Waals surface area (Å²) in [5.41, 5.74) is 8.18. The molecule has 2 aromatic carbocycles.